The maximum absolute atomic E-state index is 13.1. The Morgan fingerprint density at radius 2 is 1.60 bits per heavy atom. The number of fused-ring (bicyclic) bond motifs is 2. The van der Waals surface area contributed by atoms with E-state index in [1.807, 2.05) is 6.07 Å². The largest absolute Gasteiger partial charge is 0.493 e. The summed E-state index contributed by atoms with van der Waals surface area (Å²) in [4.78, 5) is 17.1. The van der Waals surface area contributed by atoms with Crippen LogP contribution >= 0.6 is 12.4 Å². The molecule has 192 valence electrons. The molecule has 1 amide bonds. The second kappa shape index (κ2) is 11.9. The van der Waals surface area contributed by atoms with Crippen molar-refractivity contribution in [2.45, 2.75) is 31.6 Å². The summed E-state index contributed by atoms with van der Waals surface area (Å²) in [6, 6.07) is 7.00. The summed E-state index contributed by atoms with van der Waals surface area (Å²) < 4.78 is 65.4. The van der Waals surface area contributed by atoms with Gasteiger partial charge in [-0.3, -0.25) is 4.79 Å². The molecule has 35 heavy (non-hydrogen) atoms. The van der Waals surface area contributed by atoms with Crippen LogP contribution < -0.4 is 18.9 Å². The van der Waals surface area contributed by atoms with E-state index in [1.54, 1.807) is 19.1 Å². The van der Waals surface area contributed by atoms with E-state index in [0.29, 0.717) is 31.0 Å². The number of halogens is 1. The quantitative estimate of drug-likeness (QED) is 0.485. The number of nitrogens with zero attached hydrogens (tertiary/aromatic N) is 2. The van der Waals surface area contributed by atoms with Crippen LogP contribution in [0.2, 0.25) is 0 Å². The molecule has 0 spiro atoms. The standard InChI is InChI=1S/C27H36N2O5.ClH/c1-28(17-21-11-20-14-25(33-4)26(34-5)16-22(20)21)8-6-9-29-10-7-18-12-23(31-2)24(32-3)13-19(18)15-27(29)30;/h12-14,16,21H,6-11,15,17H2,1-5H3;1H/t21-;/m1./s1/i2D3,3D3;. The molecule has 0 bridgehead atoms. The van der Waals surface area contributed by atoms with Gasteiger partial charge in [0.1, 0.15) is 0 Å². The monoisotopic (exact) mass is 510 g/mol. The normalized spacial score (nSPS) is 19.7. The number of likely N-dealkylation sites (N-methyl/N-ethyl adjacent to an activating group) is 1. The minimum absolute atomic E-state index is 0. The van der Waals surface area contributed by atoms with Gasteiger partial charge in [0.25, 0.3) is 0 Å². The van der Waals surface area contributed by atoms with Crippen molar-refractivity contribution in [3.63, 3.8) is 0 Å². The van der Waals surface area contributed by atoms with E-state index in [2.05, 4.69) is 18.0 Å². The van der Waals surface area contributed by atoms with Gasteiger partial charge in [-0.05, 0) is 79.4 Å². The van der Waals surface area contributed by atoms with E-state index < -0.39 is 14.1 Å². The number of carbonyl (C=O) groups is 1. The van der Waals surface area contributed by atoms with Crippen molar-refractivity contribution in [3.8, 4) is 23.0 Å². The molecule has 1 atom stereocenters. The van der Waals surface area contributed by atoms with Gasteiger partial charge >= 0.3 is 0 Å². The van der Waals surface area contributed by atoms with Gasteiger partial charge in [-0.2, -0.15) is 0 Å². The van der Waals surface area contributed by atoms with E-state index in [1.165, 1.54) is 23.3 Å². The Kier molecular flexibility index (Phi) is 6.62. The lowest BCUT2D eigenvalue weighted by molar-refractivity contribution is -0.130. The van der Waals surface area contributed by atoms with Crippen LogP contribution in [-0.4, -0.2) is 77.2 Å². The molecule has 2 aliphatic rings. The van der Waals surface area contributed by atoms with Crippen molar-refractivity contribution in [2.24, 2.45) is 0 Å². The summed E-state index contributed by atoms with van der Waals surface area (Å²) in [6.45, 7) is 2.78. The first-order valence-electron chi connectivity index (χ1n) is 14.5. The Morgan fingerprint density at radius 3 is 2.29 bits per heavy atom. The molecule has 0 radical (unpaired) electrons. The number of rotatable bonds is 10. The maximum atomic E-state index is 13.1. The average Bonchev–Trinajstić information content (AvgIpc) is 2.98. The van der Waals surface area contributed by atoms with Crippen molar-refractivity contribution in [3.05, 3.63) is 46.5 Å². The average molecular weight is 511 g/mol. The lowest BCUT2D eigenvalue weighted by Gasteiger charge is -2.34. The van der Waals surface area contributed by atoms with E-state index in [4.69, 9.17) is 27.2 Å². The summed E-state index contributed by atoms with van der Waals surface area (Å²) >= 11 is 0. The summed E-state index contributed by atoms with van der Waals surface area (Å²) in [5.41, 5.74) is 3.91. The van der Waals surface area contributed by atoms with E-state index in [0.717, 1.165) is 43.0 Å². The van der Waals surface area contributed by atoms with E-state index in [-0.39, 0.29) is 36.2 Å². The number of ether oxygens (including phenoxy) is 4. The molecule has 1 aliphatic carbocycles. The predicted molar refractivity (Wildman–Crippen MR) is 139 cm³/mol. The van der Waals surface area contributed by atoms with Crippen LogP contribution in [0.4, 0.5) is 0 Å². The molecule has 2 aromatic carbocycles. The Morgan fingerprint density at radius 1 is 0.971 bits per heavy atom. The van der Waals surface area contributed by atoms with Crippen LogP contribution in [0.3, 0.4) is 0 Å². The number of methoxy groups -OCH3 is 4. The van der Waals surface area contributed by atoms with Gasteiger partial charge in [0.05, 0.1) is 42.9 Å². The third-order valence-electron chi connectivity index (χ3n) is 6.88. The first kappa shape index (κ1) is 19.5. The van der Waals surface area contributed by atoms with Crippen LogP contribution in [0.15, 0.2) is 24.3 Å². The molecule has 0 N–H and O–H groups in total. The Balaban J connectivity index is 0.00000462. The first-order valence-corrected chi connectivity index (χ1v) is 11.5. The topological polar surface area (TPSA) is 60.5 Å². The zero-order valence-electron chi connectivity index (χ0n) is 26.4. The molecule has 0 saturated carbocycles. The van der Waals surface area contributed by atoms with Gasteiger partial charge in [0.15, 0.2) is 23.0 Å². The minimum atomic E-state index is -2.80. The van der Waals surface area contributed by atoms with Crippen LogP contribution in [0.5, 0.6) is 23.0 Å². The molecule has 4 rings (SSSR count). The Hall–Kier alpha value is -2.64. The fourth-order valence-corrected chi connectivity index (χ4v) is 4.99. The minimum Gasteiger partial charge on any atom is -0.493 e. The number of hydrogen-bond donors (Lipinski definition) is 0. The summed E-state index contributed by atoms with van der Waals surface area (Å²) in [5.74, 6) is 1.45. The molecule has 0 fully saturated rings. The highest BCUT2D eigenvalue weighted by Crippen LogP contribution is 2.42. The summed E-state index contributed by atoms with van der Waals surface area (Å²) in [6.07, 6.45) is 2.35. The molecular weight excluding hydrogens is 468 g/mol. The highest BCUT2D eigenvalue weighted by molar-refractivity contribution is 5.85. The molecule has 0 unspecified atom stereocenters. The molecule has 2 aromatic rings. The summed E-state index contributed by atoms with van der Waals surface area (Å²) in [5, 5.41) is 0. The lowest BCUT2D eigenvalue weighted by atomic mass is 9.77. The number of hydrogen-bond acceptors (Lipinski definition) is 6. The van der Waals surface area contributed by atoms with E-state index >= 15 is 0 Å². The molecule has 0 saturated heterocycles. The molecule has 1 heterocycles. The summed E-state index contributed by atoms with van der Waals surface area (Å²) in [7, 11) is -0.215. The fraction of sp³-hybridized carbons (Fsp3) is 0.519. The van der Waals surface area contributed by atoms with Crippen molar-refractivity contribution in [2.75, 3.05) is 61.5 Å². The lowest BCUT2D eigenvalue weighted by Crippen LogP contribution is -2.36. The SMILES string of the molecule is Cl.[2H]C([2H])([2H])Oc1cc2c(cc1OC([2H])([2H])[2H])CC(=O)N(CCCN(C)C[C@H]1Cc3cc(OC)c(OC)cc31)CC2. The molecule has 0 aromatic heterocycles. The van der Waals surface area contributed by atoms with Gasteiger partial charge in [-0.25, -0.2) is 0 Å². The predicted octanol–water partition coefficient (Wildman–Crippen LogP) is 3.73. The van der Waals surface area contributed by atoms with Crippen molar-refractivity contribution < 1.29 is 32.0 Å². The fourth-order valence-electron chi connectivity index (χ4n) is 4.99. The highest BCUT2D eigenvalue weighted by Gasteiger charge is 2.29. The van der Waals surface area contributed by atoms with Gasteiger partial charge < -0.3 is 28.7 Å². The highest BCUT2D eigenvalue weighted by atomic mass is 35.5. The van der Waals surface area contributed by atoms with Crippen LogP contribution in [-0.2, 0) is 24.1 Å². The van der Waals surface area contributed by atoms with Gasteiger partial charge in [0.2, 0.25) is 5.91 Å². The van der Waals surface area contributed by atoms with Gasteiger partial charge in [0, 0.05) is 25.6 Å². The third-order valence-corrected chi connectivity index (χ3v) is 6.88. The molecule has 7 nitrogen and oxygen atoms in total. The van der Waals surface area contributed by atoms with Crippen molar-refractivity contribution in [1.82, 2.24) is 9.80 Å². The van der Waals surface area contributed by atoms with Gasteiger partial charge in [-0.15, -0.1) is 12.4 Å². The Labute approximate surface area is 223 Å². The first-order chi connectivity index (χ1) is 18.8. The van der Waals surface area contributed by atoms with E-state index in [9.17, 15) is 4.79 Å². The van der Waals surface area contributed by atoms with Gasteiger partial charge in [-0.1, -0.05) is 0 Å². The number of amides is 1. The smallest absolute Gasteiger partial charge is 0.227 e. The third kappa shape index (κ3) is 5.78. The van der Waals surface area contributed by atoms with Crippen molar-refractivity contribution >= 4 is 18.3 Å². The Bertz CT molecular complexity index is 1240. The molecule has 1 aliphatic heterocycles. The second-order valence-electron chi connectivity index (χ2n) is 9.00. The zero-order chi connectivity index (χ0) is 29.2. The zero-order valence-corrected chi connectivity index (χ0v) is 21.2. The molecule has 8 heteroatoms. The van der Waals surface area contributed by atoms with Crippen LogP contribution in [0.25, 0.3) is 0 Å². The van der Waals surface area contributed by atoms with Crippen LogP contribution in [0.1, 0.15) is 42.8 Å². The second-order valence-corrected chi connectivity index (χ2v) is 9.00. The maximum Gasteiger partial charge on any atom is 0.227 e. The number of carbonyl (C=O) groups excluding carboxylic acids is 1. The molecular formula is C27H37ClN2O5. The number of benzene rings is 2. The van der Waals surface area contributed by atoms with Crippen LogP contribution in [0, 0.1) is 0 Å². The van der Waals surface area contributed by atoms with Crippen molar-refractivity contribution in [1.29, 1.82) is 0 Å².